The summed E-state index contributed by atoms with van der Waals surface area (Å²) in [4.78, 5) is 29.6. The molecule has 57 heavy (non-hydrogen) atoms. The van der Waals surface area contributed by atoms with E-state index in [2.05, 4.69) is 45.3 Å². The minimum Gasteiger partial charge on any atom is -0.392 e. The number of rotatable bonds is 12. The SMILES string of the molecule is NS(=O)(=O)c1ccc(NC(=O)NC2CCN(c3nc(NCC(c4ccccc4)c4ccccc4)c4ncn([C@@H]5C[C@H](n6cc(CO)cn6)[C@@H](O)[C@H]5O)c4n3)C2)cc1. The maximum absolute atomic E-state index is 13.0. The predicted octanol–water partition coefficient (Wildman–Crippen LogP) is 2.71. The van der Waals surface area contributed by atoms with Gasteiger partial charge in [0.15, 0.2) is 17.0 Å². The molecule has 0 radical (unpaired) electrons. The predicted molar refractivity (Wildman–Crippen MR) is 212 cm³/mol. The number of urea groups is 1. The van der Waals surface area contributed by atoms with Crippen LogP contribution in [-0.4, -0.2) is 97.0 Å². The number of carbonyl (C=O) groups excluding carboxylic acids is 1. The van der Waals surface area contributed by atoms with Gasteiger partial charge in [-0.1, -0.05) is 60.7 Å². The molecule has 17 nitrogen and oxygen atoms in total. The molecule has 2 fully saturated rings. The van der Waals surface area contributed by atoms with Crippen molar-refractivity contribution in [1.82, 2.24) is 34.6 Å². The molecule has 1 aliphatic heterocycles. The first-order valence-corrected chi connectivity index (χ1v) is 20.1. The van der Waals surface area contributed by atoms with E-state index in [4.69, 9.17) is 20.1 Å². The number of hydrogen-bond acceptors (Lipinski definition) is 12. The molecule has 1 saturated carbocycles. The van der Waals surface area contributed by atoms with Crippen molar-refractivity contribution in [3.8, 4) is 0 Å². The number of carbonyl (C=O) groups is 1. The lowest BCUT2D eigenvalue weighted by molar-refractivity contribution is 0.00720. The first-order valence-electron chi connectivity index (χ1n) is 18.6. The summed E-state index contributed by atoms with van der Waals surface area (Å²) < 4.78 is 26.6. The third-order valence-electron chi connectivity index (χ3n) is 10.7. The number of amides is 2. The van der Waals surface area contributed by atoms with E-state index in [1.54, 1.807) is 21.8 Å². The van der Waals surface area contributed by atoms with E-state index in [1.807, 2.05) is 41.3 Å². The molecule has 4 heterocycles. The summed E-state index contributed by atoms with van der Waals surface area (Å²) in [6.45, 7) is 1.21. The van der Waals surface area contributed by atoms with Crippen molar-refractivity contribution in [1.29, 1.82) is 0 Å². The Morgan fingerprint density at radius 1 is 0.930 bits per heavy atom. The number of hydrogen-bond donors (Lipinski definition) is 7. The van der Waals surface area contributed by atoms with Crippen LogP contribution >= 0.6 is 0 Å². The Morgan fingerprint density at radius 3 is 2.26 bits per heavy atom. The molecule has 5 atom stereocenters. The second-order valence-corrected chi connectivity index (χ2v) is 16.0. The van der Waals surface area contributed by atoms with Gasteiger partial charge in [-0.05, 0) is 48.2 Å². The molecule has 2 aliphatic rings. The summed E-state index contributed by atoms with van der Waals surface area (Å²) >= 11 is 0. The van der Waals surface area contributed by atoms with E-state index in [1.165, 1.54) is 30.5 Å². The molecule has 0 spiro atoms. The number of anilines is 3. The van der Waals surface area contributed by atoms with Crippen molar-refractivity contribution in [3.05, 3.63) is 120 Å². The summed E-state index contributed by atoms with van der Waals surface area (Å²) in [6, 6.07) is 24.1. The van der Waals surface area contributed by atoms with Crippen LogP contribution in [0.15, 0.2) is 109 Å². The molecule has 2 amide bonds. The average molecular weight is 794 g/mol. The Bertz CT molecular complexity index is 2410. The first-order chi connectivity index (χ1) is 27.6. The molecular formula is C39H43N11O6S. The second kappa shape index (κ2) is 15.9. The number of nitrogens with two attached hydrogens (primary N) is 1. The third-order valence-corrected chi connectivity index (χ3v) is 11.6. The summed E-state index contributed by atoms with van der Waals surface area (Å²) in [5, 5.41) is 51.0. The first kappa shape index (κ1) is 38.0. The lowest BCUT2D eigenvalue weighted by Gasteiger charge is -2.22. The molecule has 3 aromatic carbocycles. The summed E-state index contributed by atoms with van der Waals surface area (Å²) in [5.41, 5.74) is 4.20. The van der Waals surface area contributed by atoms with Crippen LogP contribution in [0.4, 0.5) is 22.2 Å². The zero-order chi connectivity index (χ0) is 39.7. The number of benzene rings is 3. The summed E-state index contributed by atoms with van der Waals surface area (Å²) in [6.07, 6.45) is 3.42. The fourth-order valence-corrected chi connectivity index (χ4v) is 8.23. The zero-order valence-corrected chi connectivity index (χ0v) is 31.5. The van der Waals surface area contributed by atoms with E-state index in [0.29, 0.717) is 66.7 Å². The lowest BCUT2D eigenvalue weighted by atomic mass is 9.91. The lowest BCUT2D eigenvalue weighted by Crippen LogP contribution is -2.40. The van der Waals surface area contributed by atoms with Gasteiger partial charge in [0.25, 0.3) is 0 Å². The van der Waals surface area contributed by atoms with Crippen molar-refractivity contribution in [3.63, 3.8) is 0 Å². The number of sulfonamides is 1. The Morgan fingerprint density at radius 2 is 1.61 bits per heavy atom. The van der Waals surface area contributed by atoms with Crippen LogP contribution < -0.4 is 26.0 Å². The Balaban J connectivity index is 1.07. The molecule has 3 aromatic heterocycles. The number of aromatic nitrogens is 6. The minimum atomic E-state index is -3.86. The monoisotopic (exact) mass is 793 g/mol. The number of aliphatic hydroxyl groups is 3. The van der Waals surface area contributed by atoms with Gasteiger partial charge in [-0.25, -0.2) is 23.3 Å². The van der Waals surface area contributed by atoms with Crippen molar-refractivity contribution < 1.29 is 28.5 Å². The van der Waals surface area contributed by atoms with E-state index >= 15 is 0 Å². The number of primary sulfonamides is 1. The smallest absolute Gasteiger partial charge is 0.319 e. The molecule has 0 bridgehead atoms. The van der Waals surface area contributed by atoms with Crippen LogP contribution in [0.3, 0.4) is 0 Å². The molecular weight excluding hydrogens is 751 g/mol. The van der Waals surface area contributed by atoms with Crippen molar-refractivity contribution in [2.75, 3.05) is 35.2 Å². The van der Waals surface area contributed by atoms with Gasteiger partial charge in [-0.2, -0.15) is 15.1 Å². The summed E-state index contributed by atoms with van der Waals surface area (Å²) in [5.74, 6) is 0.866. The van der Waals surface area contributed by atoms with Crippen molar-refractivity contribution in [2.24, 2.45) is 5.14 Å². The number of imidazole rings is 1. The molecule has 1 unspecified atom stereocenters. The van der Waals surface area contributed by atoms with E-state index < -0.39 is 40.3 Å². The van der Waals surface area contributed by atoms with Gasteiger partial charge < -0.3 is 40.7 Å². The topological polar surface area (TPSA) is 239 Å². The van der Waals surface area contributed by atoms with Gasteiger partial charge >= 0.3 is 6.03 Å². The van der Waals surface area contributed by atoms with E-state index in [0.717, 1.165) is 11.1 Å². The van der Waals surface area contributed by atoms with Crippen molar-refractivity contribution >= 4 is 44.7 Å². The fraction of sp³-hybridized carbons (Fsp3) is 0.308. The fourth-order valence-electron chi connectivity index (χ4n) is 7.71. The molecule has 296 valence electrons. The largest absolute Gasteiger partial charge is 0.392 e. The second-order valence-electron chi connectivity index (χ2n) is 14.4. The summed E-state index contributed by atoms with van der Waals surface area (Å²) in [7, 11) is -3.86. The molecule has 8 N–H and O–H groups in total. The van der Waals surface area contributed by atoms with Gasteiger partial charge in [-0.3, -0.25) is 4.68 Å². The van der Waals surface area contributed by atoms with Gasteiger partial charge in [-0.15, -0.1) is 0 Å². The highest BCUT2D eigenvalue weighted by Crippen LogP contribution is 2.40. The van der Waals surface area contributed by atoms with Gasteiger partial charge in [0, 0.05) is 49.0 Å². The Hall–Kier alpha value is -5.92. The quantitative estimate of drug-likeness (QED) is 0.0947. The van der Waals surface area contributed by atoms with Crippen molar-refractivity contribution in [2.45, 2.75) is 60.6 Å². The van der Waals surface area contributed by atoms with E-state index in [9.17, 15) is 28.5 Å². The highest BCUT2D eigenvalue weighted by molar-refractivity contribution is 7.89. The maximum atomic E-state index is 13.0. The van der Waals surface area contributed by atoms with Gasteiger partial charge in [0.05, 0.1) is 36.1 Å². The van der Waals surface area contributed by atoms with Crippen LogP contribution in [0, 0.1) is 0 Å². The van der Waals surface area contributed by atoms with E-state index in [-0.39, 0.29) is 23.5 Å². The molecule has 1 saturated heterocycles. The van der Waals surface area contributed by atoms with Crippen LogP contribution in [0.2, 0.25) is 0 Å². The number of nitrogens with zero attached hydrogens (tertiary/aromatic N) is 7. The Labute approximate surface area is 328 Å². The average Bonchev–Trinajstić information content (AvgIpc) is 4.03. The minimum absolute atomic E-state index is 0.0248. The number of fused-ring (bicyclic) bond motifs is 1. The van der Waals surface area contributed by atoms with Gasteiger partial charge in [0.1, 0.15) is 12.2 Å². The normalized spacial score (nSPS) is 21.0. The number of aliphatic hydroxyl groups excluding tert-OH is 3. The van der Waals surface area contributed by atoms with Crippen LogP contribution in [0.1, 0.15) is 47.5 Å². The molecule has 18 heteroatoms. The molecule has 1 aliphatic carbocycles. The zero-order valence-electron chi connectivity index (χ0n) is 30.7. The number of nitrogens with one attached hydrogen (secondary N) is 3. The molecule has 8 rings (SSSR count). The van der Waals surface area contributed by atoms with Gasteiger partial charge in [0.2, 0.25) is 16.0 Å². The van der Waals surface area contributed by atoms with Crippen LogP contribution in [0.25, 0.3) is 11.2 Å². The highest BCUT2D eigenvalue weighted by Gasteiger charge is 2.44. The standard InChI is InChI=1S/C39H43N11O6S/c40-57(55,56)29-13-11-27(12-14-29)44-39(54)45-28-15-16-48(21-28)38-46-36(41-19-30(25-7-3-1-4-8-25)26-9-5-2-6-10-26)33-37(47-38)49(23-42-33)31-17-32(35(53)34(31)52)50-20-24(22-51)18-43-50/h1-14,18,20,23,28,30-32,34-35,51-53H,15-17,19,21-22H2,(H2,40,55,56)(H,41,46,47)(H2,44,45,54)/t28?,31-,32+,34+,35-/m1/s1. The maximum Gasteiger partial charge on any atom is 0.319 e. The van der Waals surface area contributed by atoms with Crippen LogP contribution in [-0.2, 0) is 16.6 Å². The molecule has 6 aromatic rings. The highest BCUT2D eigenvalue weighted by atomic mass is 32.2. The Kier molecular flexibility index (Phi) is 10.6. The van der Waals surface area contributed by atoms with Crippen LogP contribution in [0.5, 0.6) is 0 Å². The third kappa shape index (κ3) is 8.03.